The second-order valence-corrected chi connectivity index (χ2v) is 5.79. The van der Waals surface area contributed by atoms with Crippen LogP contribution in [0.25, 0.3) is 11.0 Å². The third-order valence-corrected chi connectivity index (χ3v) is 3.96. The lowest BCUT2D eigenvalue weighted by atomic mass is 10.2. The fraction of sp³-hybridized carbons (Fsp3) is 0.250. The number of para-hydroxylation sites is 2. The number of imidazole rings is 1. The molecule has 7 nitrogen and oxygen atoms in total. The van der Waals surface area contributed by atoms with Crippen LogP contribution in [0, 0.1) is 0 Å². The molecule has 3 N–H and O–H groups in total. The highest BCUT2D eigenvalue weighted by Crippen LogP contribution is 2.16. The Balaban J connectivity index is 1.63. The first-order valence-electron chi connectivity index (χ1n) is 7.53. The Kier molecular flexibility index (Phi) is 4.61. The van der Waals surface area contributed by atoms with Crippen molar-refractivity contribution in [1.29, 1.82) is 0 Å². The summed E-state index contributed by atoms with van der Waals surface area (Å²) in [5, 5.41) is 10.8. The zero-order chi connectivity index (χ0) is 17.1. The summed E-state index contributed by atoms with van der Waals surface area (Å²) in [6, 6.07) is 9.43. The van der Waals surface area contributed by atoms with E-state index < -0.39 is 5.91 Å². The quantitative estimate of drug-likeness (QED) is 0.668. The number of halogens is 1. The molecular weight excluding hydrogens is 328 g/mol. The maximum absolute atomic E-state index is 11.4. The van der Waals surface area contributed by atoms with Crippen LogP contribution in [0.3, 0.4) is 0 Å². The molecular formula is C16H17ClN6O. The standard InChI is InChI=1S/C16H17ClN6O/c1-23-12-6-3-2-5-11(12)20-14(23)7-4-8-19-16-10(15(18)24)9-13(17)21-22-16/h2-3,5-6,9H,4,7-8H2,1H3,(H2,18,24)(H,19,22). The molecule has 0 saturated heterocycles. The lowest BCUT2D eigenvalue weighted by molar-refractivity contribution is 0.100. The van der Waals surface area contributed by atoms with Crippen molar-refractivity contribution in [3.63, 3.8) is 0 Å². The number of nitrogens with two attached hydrogens (primary N) is 1. The van der Waals surface area contributed by atoms with E-state index in [9.17, 15) is 4.79 Å². The van der Waals surface area contributed by atoms with Gasteiger partial charge >= 0.3 is 0 Å². The number of nitrogens with zero attached hydrogens (tertiary/aromatic N) is 4. The maximum atomic E-state index is 11.4. The number of hydrogen-bond donors (Lipinski definition) is 2. The van der Waals surface area contributed by atoms with E-state index >= 15 is 0 Å². The number of nitrogens with one attached hydrogen (secondary N) is 1. The van der Waals surface area contributed by atoms with E-state index in [-0.39, 0.29) is 10.7 Å². The van der Waals surface area contributed by atoms with Crippen molar-refractivity contribution in [2.24, 2.45) is 12.8 Å². The van der Waals surface area contributed by atoms with Gasteiger partial charge in [0.15, 0.2) is 11.0 Å². The lowest BCUT2D eigenvalue weighted by Crippen LogP contribution is -2.17. The smallest absolute Gasteiger partial charge is 0.252 e. The summed E-state index contributed by atoms with van der Waals surface area (Å²) < 4.78 is 2.09. The molecule has 0 bridgehead atoms. The number of aromatic nitrogens is 4. The van der Waals surface area contributed by atoms with E-state index in [1.165, 1.54) is 6.07 Å². The molecule has 1 amide bonds. The van der Waals surface area contributed by atoms with Gasteiger partial charge in [-0.05, 0) is 24.6 Å². The first kappa shape index (κ1) is 16.2. The highest BCUT2D eigenvalue weighted by atomic mass is 35.5. The molecule has 0 radical (unpaired) electrons. The van der Waals surface area contributed by atoms with Crippen molar-refractivity contribution in [2.45, 2.75) is 12.8 Å². The summed E-state index contributed by atoms with van der Waals surface area (Å²) in [5.74, 6) is 0.761. The van der Waals surface area contributed by atoms with E-state index in [1.54, 1.807) is 0 Å². The van der Waals surface area contributed by atoms with E-state index in [2.05, 4.69) is 25.1 Å². The van der Waals surface area contributed by atoms with E-state index in [1.807, 2.05) is 31.3 Å². The van der Waals surface area contributed by atoms with E-state index in [0.29, 0.717) is 12.4 Å². The van der Waals surface area contributed by atoms with Crippen LogP contribution < -0.4 is 11.1 Å². The molecule has 0 unspecified atom stereocenters. The summed E-state index contributed by atoms with van der Waals surface area (Å²) in [6.45, 7) is 0.611. The summed E-state index contributed by atoms with van der Waals surface area (Å²) in [7, 11) is 2.01. The van der Waals surface area contributed by atoms with Crippen LogP contribution in [-0.2, 0) is 13.5 Å². The number of benzene rings is 1. The van der Waals surface area contributed by atoms with Crippen molar-refractivity contribution in [2.75, 3.05) is 11.9 Å². The number of hydrogen-bond acceptors (Lipinski definition) is 5. The van der Waals surface area contributed by atoms with Crippen molar-refractivity contribution in [3.05, 3.63) is 46.9 Å². The molecule has 3 aromatic rings. The molecule has 0 spiro atoms. The molecule has 3 rings (SSSR count). The largest absolute Gasteiger partial charge is 0.368 e. The molecule has 0 aliphatic carbocycles. The number of rotatable bonds is 6. The Labute approximate surface area is 143 Å². The topological polar surface area (TPSA) is 98.7 Å². The van der Waals surface area contributed by atoms with Gasteiger partial charge in [-0.15, -0.1) is 10.2 Å². The zero-order valence-corrected chi connectivity index (χ0v) is 13.9. The highest BCUT2D eigenvalue weighted by Gasteiger charge is 2.12. The molecule has 0 atom stereocenters. The predicted octanol–water partition coefficient (Wildman–Crippen LogP) is 2.16. The van der Waals surface area contributed by atoms with Crippen LogP contribution in [0.5, 0.6) is 0 Å². The number of primary amides is 1. The minimum atomic E-state index is -0.593. The van der Waals surface area contributed by atoms with Crippen molar-refractivity contribution >= 4 is 34.4 Å². The number of fused-ring (bicyclic) bond motifs is 1. The summed E-state index contributed by atoms with van der Waals surface area (Å²) in [4.78, 5) is 16.0. The Morgan fingerprint density at radius 3 is 2.88 bits per heavy atom. The van der Waals surface area contributed by atoms with Gasteiger partial charge in [-0.1, -0.05) is 23.7 Å². The number of aryl methyl sites for hydroxylation is 2. The fourth-order valence-electron chi connectivity index (χ4n) is 2.56. The normalized spacial score (nSPS) is 10.9. The minimum absolute atomic E-state index is 0.133. The van der Waals surface area contributed by atoms with Crippen molar-refractivity contribution in [3.8, 4) is 0 Å². The minimum Gasteiger partial charge on any atom is -0.368 e. The molecule has 0 aliphatic rings. The van der Waals surface area contributed by atoms with Gasteiger partial charge in [0.05, 0.1) is 16.6 Å². The van der Waals surface area contributed by atoms with Gasteiger partial charge in [0, 0.05) is 20.0 Å². The number of anilines is 1. The Morgan fingerprint density at radius 2 is 2.12 bits per heavy atom. The first-order valence-corrected chi connectivity index (χ1v) is 7.91. The van der Waals surface area contributed by atoms with Gasteiger partial charge in [0.25, 0.3) is 5.91 Å². The van der Waals surface area contributed by atoms with Crippen molar-refractivity contribution < 1.29 is 4.79 Å². The lowest BCUT2D eigenvalue weighted by Gasteiger charge is -2.08. The highest BCUT2D eigenvalue weighted by molar-refractivity contribution is 6.29. The molecule has 8 heteroatoms. The number of carbonyl (C=O) groups is 1. The number of amides is 1. The van der Waals surface area contributed by atoms with Gasteiger partial charge in [-0.2, -0.15) is 0 Å². The van der Waals surface area contributed by atoms with Crippen LogP contribution >= 0.6 is 11.6 Å². The molecule has 0 fully saturated rings. The van der Waals surface area contributed by atoms with Gasteiger partial charge in [-0.3, -0.25) is 4.79 Å². The SMILES string of the molecule is Cn1c(CCCNc2nnc(Cl)cc2C(N)=O)nc2ccccc21. The van der Waals surface area contributed by atoms with Crippen LogP contribution in [0.4, 0.5) is 5.82 Å². The Morgan fingerprint density at radius 1 is 1.33 bits per heavy atom. The maximum Gasteiger partial charge on any atom is 0.252 e. The van der Waals surface area contributed by atoms with Gasteiger partial charge in [0.2, 0.25) is 0 Å². The molecule has 2 aromatic heterocycles. The summed E-state index contributed by atoms with van der Waals surface area (Å²) in [5.41, 5.74) is 7.66. The first-order chi connectivity index (χ1) is 11.6. The third-order valence-electron chi connectivity index (χ3n) is 3.78. The van der Waals surface area contributed by atoms with Gasteiger partial charge in [0.1, 0.15) is 5.82 Å². The van der Waals surface area contributed by atoms with Crippen LogP contribution in [0.1, 0.15) is 22.6 Å². The summed E-state index contributed by atoms with van der Waals surface area (Å²) >= 11 is 5.74. The van der Waals surface area contributed by atoms with Crippen LogP contribution in [-0.4, -0.2) is 32.2 Å². The third kappa shape index (κ3) is 3.30. The van der Waals surface area contributed by atoms with Gasteiger partial charge in [-0.25, -0.2) is 4.98 Å². The fourth-order valence-corrected chi connectivity index (χ4v) is 2.71. The second kappa shape index (κ2) is 6.84. The molecule has 124 valence electrons. The average molecular weight is 345 g/mol. The predicted molar refractivity (Wildman–Crippen MR) is 93.1 cm³/mol. The average Bonchev–Trinajstić information content (AvgIpc) is 2.89. The molecule has 24 heavy (non-hydrogen) atoms. The molecule has 0 aliphatic heterocycles. The number of carbonyl (C=O) groups excluding carboxylic acids is 1. The molecule has 1 aromatic carbocycles. The molecule has 2 heterocycles. The van der Waals surface area contributed by atoms with E-state index in [0.717, 1.165) is 29.7 Å². The van der Waals surface area contributed by atoms with Crippen molar-refractivity contribution in [1.82, 2.24) is 19.7 Å². The Bertz CT molecular complexity index is 891. The monoisotopic (exact) mass is 344 g/mol. The summed E-state index contributed by atoms with van der Waals surface area (Å²) in [6.07, 6.45) is 1.62. The zero-order valence-electron chi connectivity index (χ0n) is 13.2. The Hall–Kier alpha value is -2.67. The van der Waals surface area contributed by atoms with Crippen LogP contribution in [0.15, 0.2) is 30.3 Å². The van der Waals surface area contributed by atoms with Gasteiger partial charge < -0.3 is 15.6 Å². The second-order valence-electron chi connectivity index (χ2n) is 5.40. The van der Waals surface area contributed by atoms with Crippen LogP contribution in [0.2, 0.25) is 5.15 Å². The molecule has 0 saturated carbocycles. The van der Waals surface area contributed by atoms with E-state index in [4.69, 9.17) is 17.3 Å².